The zero-order valence-corrected chi connectivity index (χ0v) is 19.7. The van der Waals surface area contributed by atoms with E-state index in [9.17, 15) is 0 Å². The SMILES string of the molecule is CC(C)C1(c2ccc(CC(CC[C@H](C)NS)c3ccccc3)c(F)c2)CCCCC1. The van der Waals surface area contributed by atoms with Crippen LogP contribution in [0.15, 0.2) is 48.5 Å². The van der Waals surface area contributed by atoms with Gasteiger partial charge in [0.05, 0.1) is 0 Å². The molecule has 1 aliphatic rings. The van der Waals surface area contributed by atoms with Gasteiger partial charge in [0.15, 0.2) is 0 Å². The molecule has 1 saturated carbocycles. The highest BCUT2D eigenvalue weighted by molar-refractivity contribution is 7.78. The molecule has 0 radical (unpaired) electrons. The number of rotatable bonds is 9. The molecule has 0 saturated heterocycles. The summed E-state index contributed by atoms with van der Waals surface area (Å²) >= 11 is 4.20. The molecule has 2 aromatic rings. The minimum Gasteiger partial charge on any atom is -0.264 e. The van der Waals surface area contributed by atoms with Gasteiger partial charge in [-0.3, -0.25) is 4.72 Å². The van der Waals surface area contributed by atoms with Crippen molar-refractivity contribution in [2.45, 2.75) is 89.5 Å². The van der Waals surface area contributed by atoms with E-state index in [2.05, 4.69) is 74.7 Å². The first kappa shape index (κ1) is 23.3. The molecule has 1 nitrogen and oxygen atoms in total. The van der Waals surface area contributed by atoms with Crippen LogP contribution in [0.25, 0.3) is 0 Å². The van der Waals surface area contributed by atoms with Gasteiger partial charge in [-0.25, -0.2) is 4.39 Å². The fourth-order valence-corrected chi connectivity index (χ4v) is 5.43. The predicted octanol–water partition coefficient (Wildman–Crippen LogP) is 7.61. The Bertz CT molecular complexity index is 783. The molecule has 0 amide bonds. The summed E-state index contributed by atoms with van der Waals surface area (Å²) in [5.74, 6) is 0.819. The third-order valence-electron chi connectivity index (χ3n) is 7.38. The molecule has 164 valence electrons. The number of halogens is 1. The first-order valence-corrected chi connectivity index (χ1v) is 12.1. The lowest BCUT2D eigenvalue weighted by Gasteiger charge is -2.42. The van der Waals surface area contributed by atoms with Crippen LogP contribution in [0.1, 0.15) is 88.3 Å². The minimum atomic E-state index is -0.0283. The lowest BCUT2D eigenvalue weighted by molar-refractivity contribution is 0.215. The molecular formula is C27H38FNS. The lowest BCUT2D eigenvalue weighted by Crippen LogP contribution is -2.34. The molecule has 0 heterocycles. The molecule has 0 spiro atoms. The number of nitrogens with one attached hydrogen (secondary N) is 1. The van der Waals surface area contributed by atoms with Crippen molar-refractivity contribution < 1.29 is 4.39 Å². The fraction of sp³-hybridized carbons (Fsp3) is 0.556. The van der Waals surface area contributed by atoms with Crippen LogP contribution in [0.5, 0.6) is 0 Å². The first-order valence-electron chi connectivity index (χ1n) is 11.7. The van der Waals surface area contributed by atoms with E-state index in [1.165, 1.54) is 43.2 Å². The van der Waals surface area contributed by atoms with Gasteiger partial charge in [-0.1, -0.05) is 88.4 Å². The van der Waals surface area contributed by atoms with Crippen molar-refractivity contribution in [3.05, 3.63) is 71.0 Å². The Morgan fingerprint density at radius 3 is 2.27 bits per heavy atom. The van der Waals surface area contributed by atoms with Gasteiger partial charge in [0, 0.05) is 6.04 Å². The Morgan fingerprint density at radius 1 is 0.967 bits per heavy atom. The van der Waals surface area contributed by atoms with Crippen LogP contribution in [-0.4, -0.2) is 6.04 Å². The number of hydrogen-bond acceptors (Lipinski definition) is 2. The number of thiol groups is 1. The molecule has 3 heteroatoms. The van der Waals surface area contributed by atoms with Crippen LogP contribution in [0, 0.1) is 11.7 Å². The Kier molecular flexibility index (Phi) is 8.42. The second-order valence-corrected chi connectivity index (χ2v) is 9.86. The largest absolute Gasteiger partial charge is 0.264 e. The highest BCUT2D eigenvalue weighted by Crippen LogP contribution is 2.45. The average Bonchev–Trinajstić information content (AvgIpc) is 2.78. The van der Waals surface area contributed by atoms with Crippen LogP contribution < -0.4 is 4.72 Å². The van der Waals surface area contributed by atoms with Gasteiger partial charge in [-0.2, -0.15) is 0 Å². The van der Waals surface area contributed by atoms with E-state index in [4.69, 9.17) is 0 Å². The molecule has 3 rings (SSSR count). The van der Waals surface area contributed by atoms with Gasteiger partial charge in [0.2, 0.25) is 0 Å². The summed E-state index contributed by atoms with van der Waals surface area (Å²) in [5, 5.41) is 0. The van der Waals surface area contributed by atoms with E-state index in [1.807, 2.05) is 12.1 Å². The number of hydrogen-bond donors (Lipinski definition) is 2. The van der Waals surface area contributed by atoms with E-state index in [-0.39, 0.29) is 11.2 Å². The van der Waals surface area contributed by atoms with Gasteiger partial charge in [-0.15, -0.1) is 0 Å². The standard InChI is InChI=1S/C27H38FNS/c1-20(2)27(16-8-5-9-17-27)25-15-14-24(26(28)19-25)18-23(13-12-21(3)29-30)22-10-6-4-7-11-22/h4,6-7,10-11,14-15,19-21,23,29-30H,5,8-9,12-13,16-18H2,1-3H3/t21-,23?/m0/s1. The van der Waals surface area contributed by atoms with E-state index in [1.54, 1.807) is 0 Å². The molecule has 0 aromatic heterocycles. The van der Waals surface area contributed by atoms with Gasteiger partial charge in [-0.05, 0) is 79.0 Å². The Hall–Kier alpha value is -1.32. The third-order valence-corrected chi connectivity index (χ3v) is 7.83. The van der Waals surface area contributed by atoms with Crippen LogP contribution in [0.4, 0.5) is 4.39 Å². The van der Waals surface area contributed by atoms with E-state index >= 15 is 4.39 Å². The van der Waals surface area contributed by atoms with Gasteiger partial charge in [0.1, 0.15) is 5.82 Å². The van der Waals surface area contributed by atoms with Crippen molar-refractivity contribution in [2.75, 3.05) is 0 Å². The summed E-state index contributed by atoms with van der Waals surface area (Å²) < 4.78 is 18.4. The molecule has 1 aliphatic carbocycles. The molecule has 0 bridgehead atoms. The van der Waals surface area contributed by atoms with Crippen LogP contribution in [0.2, 0.25) is 0 Å². The zero-order chi connectivity index (χ0) is 21.6. The van der Waals surface area contributed by atoms with Gasteiger partial charge < -0.3 is 0 Å². The summed E-state index contributed by atoms with van der Waals surface area (Å²) in [6, 6.07) is 17.0. The van der Waals surface area contributed by atoms with E-state index in [0.29, 0.717) is 17.9 Å². The summed E-state index contributed by atoms with van der Waals surface area (Å²) in [7, 11) is 0. The quantitative estimate of drug-likeness (QED) is 0.392. The van der Waals surface area contributed by atoms with Crippen molar-refractivity contribution >= 4 is 12.8 Å². The minimum absolute atomic E-state index is 0.0283. The maximum atomic E-state index is 15.4. The Labute approximate surface area is 188 Å². The van der Waals surface area contributed by atoms with Crippen molar-refractivity contribution in [1.29, 1.82) is 0 Å². The molecule has 2 atom stereocenters. The summed E-state index contributed by atoms with van der Waals surface area (Å²) in [6.07, 6.45) is 8.96. The second kappa shape index (κ2) is 10.8. The lowest BCUT2D eigenvalue weighted by atomic mass is 9.63. The summed E-state index contributed by atoms with van der Waals surface area (Å²) in [5.41, 5.74) is 3.49. The zero-order valence-electron chi connectivity index (χ0n) is 18.8. The maximum absolute atomic E-state index is 15.4. The van der Waals surface area contributed by atoms with Crippen LogP contribution in [-0.2, 0) is 11.8 Å². The van der Waals surface area contributed by atoms with Crippen molar-refractivity contribution in [2.24, 2.45) is 5.92 Å². The highest BCUT2D eigenvalue weighted by Gasteiger charge is 2.37. The van der Waals surface area contributed by atoms with Crippen molar-refractivity contribution in [3.8, 4) is 0 Å². The van der Waals surface area contributed by atoms with Crippen LogP contribution in [0.3, 0.4) is 0 Å². The fourth-order valence-electron chi connectivity index (χ4n) is 5.30. The van der Waals surface area contributed by atoms with Crippen LogP contribution >= 0.6 is 12.8 Å². The normalized spacial score (nSPS) is 18.3. The molecule has 1 unspecified atom stereocenters. The van der Waals surface area contributed by atoms with E-state index in [0.717, 1.165) is 24.8 Å². The summed E-state index contributed by atoms with van der Waals surface area (Å²) in [6.45, 7) is 6.75. The smallest absolute Gasteiger partial charge is 0.126 e. The van der Waals surface area contributed by atoms with Gasteiger partial charge in [0.25, 0.3) is 0 Å². The Morgan fingerprint density at radius 2 is 1.67 bits per heavy atom. The van der Waals surface area contributed by atoms with E-state index < -0.39 is 0 Å². The van der Waals surface area contributed by atoms with Crippen molar-refractivity contribution in [1.82, 2.24) is 4.72 Å². The molecule has 1 N–H and O–H groups in total. The first-order chi connectivity index (χ1) is 14.5. The summed E-state index contributed by atoms with van der Waals surface area (Å²) in [4.78, 5) is 0. The Balaban J connectivity index is 1.83. The average molecular weight is 428 g/mol. The second-order valence-electron chi connectivity index (χ2n) is 9.60. The topological polar surface area (TPSA) is 12.0 Å². The maximum Gasteiger partial charge on any atom is 0.126 e. The predicted molar refractivity (Wildman–Crippen MR) is 130 cm³/mol. The number of benzene rings is 2. The monoisotopic (exact) mass is 427 g/mol. The molecular weight excluding hydrogens is 389 g/mol. The third kappa shape index (κ3) is 5.48. The highest BCUT2D eigenvalue weighted by atomic mass is 32.1. The molecule has 1 fully saturated rings. The van der Waals surface area contributed by atoms with Crippen molar-refractivity contribution in [3.63, 3.8) is 0 Å². The molecule has 0 aliphatic heterocycles. The van der Waals surface area contributed by atoms with Gasteiger partial charge >= 0.3 is 0 Å². The molecule has 2 aromatic carbocycles. The molecule has 30 heavy (non-hydrogen) atoms.